The number of anilines is 2. The van der Waals surface area contributed by atoms with Crippen LogP contribution in [-0.2, 0) is 10.0 Å². The Labute approximate surface area is 170 Å². The maximum Gasteiger partial charge on any atom is 0.264 e. The first kappa shape index (κ1) is 20.4. The third-order valence-corrected chi connectivity index (χ3v) is 6.35. The van der Waals surface area contributed by atoms with E-state index in [-0.39, 0.29) is 10.8 Å². The number of hydrogen-bond donors (Lipinski definition) is 1. The highest BCUT2D eigenvalue weighted by Gasteiger charge is 2.23. The fourth-order valence-corrected chi connectivity index (χ4v) is 4.12. The average Bonchev–Trinajstić information content (AvgIpc) is 2.74. The van der Waals surface area contributed by atoms with Gasteiger partial charge in [-0.2, -0.15) is 0 Å². The van der Waals surface area contributed by atoms with Crippen LogP contribution in [0.2, 0.25) is 0 Å². The van der Waals surface area contributed by atoms with E-state index < -0.39 is 10.0 Å². The molecule has 0 bridgehead atoms. The smallest absolute Gasteiger partial charge is 0.264 e. The van der Waals surface area contributed by atoms with Gasteiger partial charge in [0, 0.05) is 18.3 Å². The van der Waals surface area contributed by atoms with Gasteiger partial charge in [-0.25, -0.2) is 8.42 Å². The lowest BCUT2D eigenvalue weighted by molar-refractivity contribution is 0.102. The fraction of sp³-hybridized carbons (Fsp3) is 0.136. The Bertz CT molecular complexity index is 1110. The first-order valence-electron chi connectivity index (χ1n) is 8.93. The molecule has 0 atom stereocenters. The highest BCUT2D eigenvalue weighted by Crippen LogP contribution is 2.27. The second kappa shape index (κ2) is 8.36. The molecular weight excluding hydrogens is 388 g/mol. The Morgan fingerprint density at radius 2 is 1.62 bits per heavy atom. The summed E-state index contributed by atoms with van der Waals surface area (Å²) in [6.07, 6.45) is 0. The number of aryl methyl sites for hydroxylation is 1. The topological polar surface area (TPSA) is 75.7 Å². The van der Waals surface area contributed by atoms with Crippen LogP contribution in [0.25, 0.3) is 0 Å². The molecule has 29 heavy (non-hydrogen) atoms. The number of rotatable bonds is 6. The van der Waals surface area contributed by atoms with Gasteiger partial charge < -0.3 is 10.1 Å². The van der Waals surface area contributed by atoms with Gasteiger partial charge in [0.2, 0.25) is 0 Å². The molecule has 1 N–H and O–H groups in total. The number of carbonyl (C=O) groups is 1. The number of sulfonamides is 1. The highest BCUT2D eigenvalue weighted by atomic mass is 32.2. The molecule has 0 heterocycles. The van der Waals surface area contributed by atoms with Gasteiger partial charge in [0.25, 0.3) is 15.9 Å². The van der Waals surface area contributed by atoms with Crippen molar-refractivity contribution < 1.29 is 17.9 Å². The normalized spacial score (nSPS) is 11.0. The molecule has 0 aromatic heterocycles. The highest BCUT2D eigenvalue weighted by molar-refractivity contribution is 7.92. The van der Waals surface area contributed by atoms with Crippen molar-refractivity contribution in [1.82, 2.24) is 0 Å². The lowest BCUT2D eigenvalue weighted by Gasteiger charge is -2.22. The van der Waals surface area contributed by atoms with Crippen LogP contribution < -0.4 is 14.4 Å². The molecule has 0 fully saturated rings. The van der Waals surface area contributed by atoms with Crippen LogP contribution in [0.1, 0.15) is 15.9 Å². The van der Waals surface area contributed by atoms with Gasteiger partial charge in [-0.05, 0) is 61.0 Å². The van der Waals surface area contributed by atoms with E-state index in [2.05, 4.69) is 5.32 Å². The van der Waals surface area contributed by atoms with Crippen molar-refractivity contribution in [3.05, 3.63) is 83.9 Å². The van der Waals surface area contributed by atoms with E-state index in [0.717, 1.165) is 5.56 Å². The summed E-state index contributed by atoms with van der Waals surface area (Å²) in [4.78, 5) is 12.9. The van der Waals surface area contributed by atoms with Gasteiger partial charge in [0.05, 0.1) is 17.7 Å². The van der Waals surface area contributed by atoms with Gasteiger partial charge in [-0.1, -0.05) is 24.3 Å². The molecule has 3 rings (SSSR count). The molecule has 0 saturated carbocycles. The number of methoxy groups -OCH3 is 1. The van der Waals surface area contributed by atoms with Gasteiger partial charge >= 0.3 is 0 Å². The summed E-state index contributed by atoms with van der Waals surface area (Å²) in [5.74, 6) is 0.357. The first-order chi connectivity index (χ1) is 13.8. The van der Waals surface area contributed by atoms with Crippen LogP contribution in [0.4, 0.5) is 11.4 Å². The standard InChI is InChI=1S/C22H22N2O4S/c1-16-9-10-17(22(25)23-18-11-13-19(28-3)14-12-18)15-21(16)24(2)29(26,27)20-7-5-4-6-8-20/h4-15H,1-3H3,(H,23,25). The number of nitrogens with one attached hydrogen (secondary N) is 1. The molecule has 150 valence electrons. The lowest BCUT2D eigenvalue weighted by Crippen LogP contribution is -2.27. The Balaban J connectivity index is 1.88. The Hall–Kier alpha value is -3.32. The summed E-state index contributed by atoms with van der Waals surface area (Å²) in [6, 6.07) is 20.1. The molecular formula is C22H22N2O4S. The fourth-order valence-electron chi connectivity index (χ4n) is 2.85. The van der Waals surface area contributed by atoms with E-state index in [1.165, 1.54) is 11.4 Å². The van der Waals surface area contributed by atoms with E-state index in [4.69, 9.17) is 4.74 Å². The number of nitrogens with zero attached hydrogens (tertiary/aromatic N) is 1. The van der Waals surface area contributed by atoms with E-state index in [1.807, 2.05) is 0 Å². The summed E-state index contributed by atoms with van der Waals surface area (Å²) in [7, 11) is -0.683. The van der Waals surface area contributed by atoms with Crippen molar-refractivity contribution in [3.63, 3.8) is 0 Å². The Morgan fingerprint density at radius 3 is 2.24 bits per heavy atom. The predicted octanol–water partition coefficient (Wildman–Crippen LogP) is 4.08. The predicted molar refractivity (Wildman–Crippen MR) is 114 cm³/mol. The maximum atomic E-state index is 12.9. The van der Waals surface area contributed by atoms with Crippen molar-refractivity contribution in [2.75, 3.05) is 23.8 Å². The van der Waals surface area contributed by atoms with E-state index in [0.29, 0.717) is 22.7 Å². The molecule has 1 amide bonds. The molecule has 3 aromatic rings. The third kappa shape index (κ3) is 4.41. The van der Waals surface area contributed by atoms with E-state index >= 15 is 0 Å². The zero-order valence-electron chi connectivity index (χ0n) is 16.4. The summed E-state index contributed by atoms with van der Waals surface area (Å²) < 4.78 is 32.2. The largest absolute Gasteiger partial charge is 0.497 e. The minimum Gasteiger partial charge on any atom is -0.497 e. The third-order valence-electron chi connectivity index (χ3n) is 4.56. The molecule has 3 aromatic carbocycles. The number of benzene rings is 3. The van der Waals surface area contributed by atoms with Crippen LogP contribution in [0, 0.1) is 6.92 Å². The van der Waals surface area contributed by atoms with Crippen LogP contribution in [0.5, 0.6) is 5.75 Å². The number of carbonyl (C=O) groups excluding carboxylic acids is 1. The monoisotopic (exact) mass is 410 g/mol. The molecule has 0 aliphatic carbocycles. The van der Waals surface area contributed by atoms with Gasteiger partial charge in [-0.15, -0.1) is 0 Å². The quantitative estimate of drug-likeness (QED) is 0.664. The van der Waals surface area contributed by atoms with Crippen molar-refractivity contribution >= 4 is 27.3 Å². The van der Waals surface area contributed by atoms with Crippen molar-refractivity contribution in [3.8, 4) is 5.75 Å². The Kier molecular flexibility index (Phi) is 5.89. The van der Waals surface area contributed by atoms with Crippen LogP contribution in [0.15, 0.2) is 77.7 Å². The van der Waals surface area contributed by atoms with Crippen molar-refractivity contribution in [2.45, 2.75) is 11.8 Å². The number of amides is 1. The van der Waals surface area contributed by atoms with Crippen LogP contribution in [-0.4, -0.2) is 28.5 Å². The number of hydrogen-bond acceptors (Lipinski definition) is 4. The molecule has 7 heteroatoms. The van der Waals surface area contributed by atoms with E-state index in [1.54, 1.807) is 86.8 Å². The Morgan fingerprint density at radius 1 is 0.966 bits per heavy atom. The first-order valence-corrected chi connectivity index (χ1v) is 10.4. The number of ether oxygens (including phenoxy) is 1. The molecule has 0 radical (unpaired) electrons. The zero-order chi connectivity index (χ0) is 21.0. The summed E-state index contributed by atoms with van der Waals surface area (Å²) in [5, 5.41) is 2.80. The minimum absolute atomic E-state index is 0.190. The second-order valence-corrected chi connectivity index (χ2v) is 8.44. The molecule has 0 spiro atoms. The van der Waals surface area contributed by atoms with Crippen molar-refractivity contribution in [2.24, 2.45) is 0 Å². The minimum atomic E-state index is -3.74. The average molecular weight is 410 g/mol. The van der Waals surface area contributed by atoms with Crippen LogP contribution >= 0.6 is 0 Å². The van der Waals surface area contributed by atoms with Crippen LogP contribution in [0.3, 0.4) is 0 Å². The van der Waals surface area contributed by atoms with Gasteiger partial charge in [-0.3, -0.25) is 9.10 Å². The lowest BCUT2D eigenvalue weighted by atomic mass is 10.1. The SMILES string of the molecule is COc1ccc(NC(=O)c2ccc(C)c(N(C)S(=O)(=O)c3ccccc3)c2)cc1. The summed E-state index contributed by atoms with van der Waals surface area (Å²) in [5.41, 5.74) is 2.16. The molecule has 0 aliphatic rings. The second-order valence-electron chi connectivity index (χ2n) is 6.47. The summed E-state index contributed by atoms with van der Waals surface area (Å²) >= 11 is 0. The maximum absolute atomic E-state index is 12.9. The molecule has 6 nitrogen and oxygen atoms in total. The van der Waals surface area contributed by atoms with E-state index in [9.17, 15) is 13.2 Å². The van der Waals surface area contributed by atoms with Crippen molar-refractivity contribution in [1.29, 1.82) is 0 Å². The van der Waals surface area contributed by atoms with Gasteiger partial charge in [0.1, 0.15) is 5.75 Å². The summed E-state index contributed by atoms with van der Waals surface area (Å²) in [6.45, 7) is 1.80. The molecule has 0 saturated heterocycles. The molecule has 0 aliphatic heterocycles. The zero-order valence-corrected chi connectivity index (χ0v) is 17.2. The van der Waals surface area contributed by atoms with Gasteiger partial charge in [0.15, 0.2) is 0 Å². The molecule has 0 unspecified atom stereocenters.